The topological polar surface area (TPSA) is 44.8 Å². The third-order valence-corrected chi connectivity index (χ3v) is 5.94. The van der Waals surface area contributed by atoms with Gasteiger partial charge in [0.1, 0.15) is 17.2 Å². The van der Waals surface area contributed by atoms with Crippen molar-refractivity contribution in [1.82, 2.24) is 0 Å². The minimum absolute atomic E-state index is 0.167. The van der Waals surface area contributed by atoms with E-state index in [1.54, 1.807) is 24.3 Å². The Bertz CT molecular complexity index is 782. The fourth-order valence-corrected chi connectivity index (χ4v) is 3.84. The van der Waals surface area contributed by atoms with E-state index in [1.165, 1.54) is 64.2 Å². The molecule has 2 aromatic rings. The van der Waals surface area contributed by atoms with Gasteiger partial charge in [-0.15, -0.1) is 0 Å². The van der Waals surface area contributed by atoms with Crippen LogP contribution in [0.5, 0.6) is 17.2 Å². The number of carbonyl (C=O) groups is 1. The van der Waals surface area contributed by atoms with Crippen LogP contribution in [0.3, 0.4) is 0 Å². The number of hydrogen-bond donors (Lipinski definition) is 0. The van der Waals surface area contributed by atoms with Crippen LogP contribution in [-0.4, -0.2) is 18.7 Å². The molecule has 34 heavy (non-hydrogen) atoms. The molecule has 1 unspecified atom stereocenters. The fraction of sp³-hybridized carbons (Fsp3) is 0.567. The molecule has 0 aliphatic heterocycles. The van der Waals surface area contributed by atoms with Gasteiger partial charge in [-0.25, -0.2) is 4.79 Å². The monoisotopic (exact) mass is 468 g/mol. The number of hydrogen-bond acceptors (Lipinski definition) is 4. The number of esters is 1. The van der Waals surface area contributed by atoms with Crippen molar-refractivity contribution in [2.45, 2.75) is 104 Å². The van der Waals surface area contributed by atoms with Gasteiger partial charge in [0.15, 0.2) is 0 Å². The van der Waals surface area contributed by atoms with Crippen LogP contribution < -0.4 is 14.2 Å². The highest BCUT2D eigenvalue weighted by Gasteiger charge is 2.10. The maximum absolute atomic E-state index is 12.5. The molecule has 188 valence electrons. The molecule has 0 fully saturated rings. The van der Waals surface area contributed by atoms with Gasteiger partial charge in [-0.3, -0.25) is 0 Å². The van der Waals surface area contributed by atoms with Gasteiger partial charge >= 0.3 is 5.97 Å². The molecular weight excluding hydrogens is 424 g/mol. The Labute approximate surface area is 207 Å². The summed E-state index contributed by atoms with van der Waals surface area (Å²) in [4.78, 5) is 12.5. The summed E-state index contributed by atoms with van der Waals surface area (Å²) in [7, 11) is 0. The van der Waals surface area contributed by atoms with E-state index in [1.807, 2.05) is 24.3 Å². The maximum atomic E-state index is 12.5. The molecule has 0 saturated heterocycles. The first kappa shape index (κ1) is 27.8. The van der Waals surface area contributed by atoms with Gasteiger partial charge in [0.2, 0.25) is 0 Å². The number of ether oxygens (including phenoxy) is 3. The van der Waals surface area contributed by atoms with E-state index in [0.29, 0.717) is 11.3 Å². The minimum atomic E-state index is -0.379. The lowest BCUT2D eigenvalue weighted by atomic mass is 10.1. The molecule has 0 aliphatic carbocycles. The highest BCUT2D eigenvalue weighted by molar-refractivity contribution is 5.91. The summed E-state index contributed by atoms with van der Waals surface area (Å²) in [6.07, 6.45) is 15.1. The standard InChI is InChI=1S/C30H44O4/c1-4-6-8-9-10-11-12-14-24-32-27-20-22-29(23-21-27)34-30(31)26-16-18-28(19-17-26)33-25(3)15-13-7-5-2/h16-23,25H,4-15,24H2,1-3H3. The smallest absolute Gasteiger partial charge is 0.343 e. The van der Waals surface area contributed by atoms with Crippen molar-refractivity contribution in [2.24, 2.45) is 0 Å². The summed E-state index contributed by atoms with van der Waals surface area (Å²) >= 11 is 0. The quantitative estimate of drug-likeness (QED) is 0.125. The van der Waals surface area contributed by atoms with Crippen LogP contribution in [0.2, 0.25) is 0 Å². The molecule has 0 N–H and O–H groups in total. The first-order valence-electron chi connectivity index (χ1n) is 13.3. The molecule has 4 heteroatoms. The van der Waals surface area contributed by atoms with E-state index in [2.05, 4.69) is 20.8 Å². The van der Waals surface area contributed by atoms with Crippen molar-refractivity contribution >= 4 is 5.97 Å². The summed E-state index contributed by atoms with van der Waals surface area (Å²) in [5.41, 5.74) is 0.501. The second-order valence-corrected chi connectivity index (χ2v) is 9.13. The van der Waals surface area contributed by atoms with Gasteiger partial charge in [0.05, 0.1) is 18.3 Å². The average Bonchev–Trinajstić information content (AvgIpc) is 2.84. The van der Waals surface area contributed by atoms with Crippen LogP contribution in [0, 0.1) is 0 Å². The van der Waals surface area contributed by atoms with Crippen LogP contribution >= 0.6 is 0 Å². The van der Waals surface area contributed by atoms with Gasteiger partial charge < -0.3 is 14.2 Å². The summed E-state index contributed by atoms with van der Waals surface area (Å²) < 4.78 is 17.3. The van der Waals surface area contributed by atoms with E-state index < -0.39 is 0 Å². The Morgan fingerprint density at radius 1 is 0.676 bits per heavy atom. The lowest BCUT2D eigenvalue weighted by molar-refractivity contribution is 0.0734. The number of unbranched alkanes of at least 4 members (excludes halogenated alkanes) is 9. The molecule has 0 spiro atoms. The lowest BCUT2D eigenvalue weighted by Gasteiger charge is -2.14. The van der Waals surface area contributed by atoms with Crippen LogP contribution in [0.15, 0.2) is 48.5 Å². The highest BCUT2D eigenvalue weighted by atomic mass is 16.5. The molecule has 0 aliphatic rings. The molecule has 2 rings (SSSR count). The molecule has 0 aromatic heterocycles. The second kappa shape index (κ2) is 17.0. The van der Waals surface area contributed by atoms with Crippen LogP contribution in [0.1, 0.15) is 108 Å². The Balaban J connectivity index is 1.67. The normalized spacial score (nSPS) is 11.7. The molecule has 0 heterocycles. The predicted molar refractivity (Wildman–Crippen MR) is 140 cm³/mol. The molecule has 0 bridgehead atoms. The van der Waals surface area contributed by atoms with Gasteiger partial charge in [-0.2, -0.15) is 0 Å². The van der Waals surface area contributed by atoms with E-state index in [0.717, 1.165) is 30.9 Å². The van der Waals surface area contributed by atoms with Crippen molar-refractivity contribution < 1.29 is 19.0 Å². The SMILES string of the molecule is CCCCCCCCCCOc1ccc(OC(=O)c2ccc(OC(C)CCCCC)cc2)cc1. The van der Waals surface area contributed by atoms with Crippen molar-refractivity contribution in [3.8, 4) is 17.2 Å². The molecular formula is C30H44O4. The Morgan fingerprint density at radius 3 is 1.85 bits per heavy atom. The predicted octanol–water partition coefficient (Wildman–Crippen LogP) is 8.77. The summed E-state index contributed by atoms with van der Waals surface area (Å²) in [6.45, 7) is 7.25. The van der Waals surface area contributed by atoms with E-state index >= 15 is 0 Å². The van der Waals surface area contributed by atoms with Crippen LogP contribution in [0.4, 0.5) is 0 Å². The van der Waals surface area contributed by atoms with Gasteiger partial charge in [-0.1, -0.05) is 71.6 Å². The maximum Gasteiger partial charge on any atom is 0.343 e. The molecule has 0 amide bonds. The summed E-state index contributed by atoms with van der Waals surface area (Å²) in [5.74, 6) is 1.71. The first-order valence-corrected chi connectivity index (χ1v) is 13.3. The number of rotatable bonds is 18. The fourth-order valence-electron chi connectivity index (χ4n) is 3.84. The van der Waals surface area contributed by atoms with Gasteiger partial charge in [0.25, 0.3) is 0 Å². The second-order valence-electron chi connectivity index (χ2n) is 9.13. The van der Waals surface area contributed by atoms with Crippen molar-refractivity contribution in [1.29, 1.82) is 0 Å². The van der Waals surface area contributed by atoms with Crippen molar-refractivity contribution in [2.75, 3.05) is 6.61 Å². The Morgan fingerprint density at radius 2 is 1.21 bits per heavy atom. The molecule has 1 atom stereocenters. The minimum Gasteiger partial charge on any atom is -0.494 e. The summed E-state index contributed by atoms with van der Waals surface area (Å²) in [5, 5.41) is 0. The van der Waals surface area contributed by atoms with Crippen molar-refractivity contribution in [3.05, 3.63) is 54.1 Å². The zero-order valence-electron chi connectivity index (χ0n) is 21.5. The zero-order chi connectivity index (χ0) is 24.4. The Hall–Kier alpha value is -2.49. The third kappa shape index (κ3) is 11.6. The van der Waals surface area contributed by atoms with Crippen LogP contribution in [0.25, 0.3) is 0 Å². The van der Waals surface area contributed by atoms with Gasteiger partial charge in [-0.05, 0) is 74.7 Å². The van der Waals surface area contributed by atoms with E-state index in [4.69, 9.17) is 14.2 Å². The molecule has 4 nitrogen and oxygen atoms in total. The average molecular weight is 469 g/mol. The van der Waals surface area contributed by atoms with E-state index in [-0.39, 0.29) is 12.1 Å². The third-order valence-electron chi connectivity index (χ3n) is 5.94. The zero-order valence-corrected chi connectivity index (χ0v) is 21.5. The van der Waals surface area contributed by atoms with Gasteiger partial charge in [0, 0.05) is 0 Å². The molecule has 2 aromatic carbocycles. The number of carbonyl (C=O) groups excluding carboxylic acids is 1. The lowest BCUT2D eigenvalue weighted by Crippen LogP contribution is -2.12. The molecule has 0 radical (unpaired) electrons. The molecule has 0 saturated carbocycles. The highest BCUT2D eigenvalue weighted by Crippen LogP contribution is 2.21. The van der Waals surface area contributed by atoms with Crippen molar-refractivity contribution in [3.63, 3.8) is 0 Å². The van der Waals surface area contributed by atoms with Crippen LogP contribution in [-0.2, 0) is 0 Å². The first-order chi connectivity index (χ1) is 16.6. The largest absolute Gasteiger partial charge is 0.494 e. The number of benzene rings is 2. The Kier molecular flexibility index (Phi) is 13.9. The van der Waals surface area contributed by atoms with E-state index in [9.17, 15) is 4.79 Å². The summed E-state index contributed by atoms with van der Waals surface area (Å²) in [6, 6.07) is 14.4.